The Bertz CT molecular complexity index is 259. The Morgan fingerprint density at radius 3 is 2.14 bits per heavy atom. The van der Waals surface area contributed by atoms with E-state index in [9.17, 15) is 4.79 Å². The third-order valence-corrected chi connectivity index (χ3v) is 1.18. The zero-order valence-corrected chi connectivity index (χ0v) is 9.53. The predicted molar refractivity (Wildman–Crippen MR) is 58.7 cm³/mol. The maximum absolute atomic E-state index is 10.2. The van der Waals surface area contributed by atoms with E-state index in [0.29, 0.717) is 6.29 Å². The lowest BCUT2D eigenvalue weighted by molar-refractivity contribution is 0.112. The number of carbonyl (C=O) groups is 1. The zero-order valence-electron chi connectivity index (χ0n) is 9.53. The lowest BCUT2D eigenvalue weighted by atomic mass is 10.2. The Morgan fingerprint density at radius 1 is 1.29 bits per heavy atom. The Morgan fingerprint density at radius 2 is 1.79 bits per heavy atom. The molecule has 80 valence electrons. The molecule has 0 saturated carbocycles. The van der Waals surface area contributed by atoms with Crippen molar-refractivity contribution in [1.82, 2.24) is 4.98 Å². The van der Waals surface area contributed by atoms with Gasteiger partial charge in [-0.3, -0.25) is 9.78 Å². The van der Waals surface area contributed by atoms with Crippen LogP contribution in [-0.2, 0) is 0 Å². The summed E-state index contributed by atoms with van der Waals surface area (Å²) in [5, 5.41) is 8.94. The minimum Gasteiger partial charge on any atom is -0.506 e. The van der Waals surface area contributed by atoms with Crippen LogP contribution in [0.1, 0.15) is 43.7 Å². The number of aromatic nitrogens is 1. The van der Waals surface area contributed by atoms with Crippen molar-refractivity contribution in [2.75, 3.05) is 0 Å². The molecule has 0 fully saturated rings. The van der Waals surface area contributed by atoms with Gasteiger partial charge in [-0.2, -0.15) is 0 Å². The van der Waals surface area contributed by atoms with Gasteiger partial charge in [0.05, 0.1) is 11.8 Å². The van der Waals surface area contributed by atoms with E-state index in [1.807, 2.05) is 27.7 Å². The van der Waals surface area contributed by atoms with E-state index in [-0.39, 0.29) is 11.3 Å². The highest BCUT2D eigenvalue weighted by Crippen LogP contribution is 2.12. The van der Waals surface area contributed by atoms with Crippen LogP contribution in [-0.4, -0.2) is 16.4 Å². The van der Waals surface area contributed by atoms with Gasteiger partial charge in [0.2, 0.25) is 0 Å². The molecule has 0 aliphatic rings. The first-order chi connectivity index (χ1) is 6.74. The Kier molecular flexibility index (Phi) is 10.5. The quantitative estimate of drug-likeness (QED) is 0.704. The summed E-state index contributed by atoms with van der Waals surface area (Å²) in [7, 11) is 0. The fraction of sp³-hybridized carbons (Fsp3) is 0.455. The van der Waals surface area contributed by atoms with E-state index in [1.54, 1.807) is 6.92 Å². The number of carbonyl (C=O) groups excluding carboxylic acids is 1. The van der Waals surface area contributed by atoms with Crippen LogP contribution in [0, 0.1) is 6.92 Å². The van der Waals surface area contributed by atoms with E-state index in [1.165, 1.54) is 12.3 Å². The summed E-state index contributed by atoms with van der Waals surface area (Å²) >= 11 is 0. The van der Waals surface area contributed by atoms with Gasteiger partial charge in [0.25, 0.3) is 0 Å². The largest absolute Gasteiger partial charge is 0.506 e. The molecule has 0 saturated heterocycles. The van der Waals surface area contributed by atoms with Gasteiger partial charge in [0.15, 0.2) is 6.29 Å². The van der Waals surface area contributed by atoms with Gasteiger partial charge >= 0.3 is 0 Å². The molecule has 3 heteroatoms. The fourth-order valence-electron chi connectivity index (χ4n) is 0.668. The molecule has 0 atom stereocenters. The van der Waals surface area contributed by atoms with Crippen LogP contribution in [0.4, 0.5) is 0 Å². The lowest BCUT2D eigenvalue weighted by Gasteiger charge is -1.95. The van der Waals surface area contributed by atoms with Crippen LogP contribution >= 0.6 is 0 Å². The third kappa shape index (κ3) is 5.30. The van der Waals surface area contributed by atoms with Crippen molar-refractivity contribution < 1.29 is 9.90 Å². The van der Waals surface area contributed by atoms with Gasteiger partial charge in [-0.1, -0.05) is 27.7 Å². The maximum Gasteiger partial charge on any atom is 0.153 e. The lowest BCUT2D eigenvalue weighted by Crippen LogP contribution is -1.85. The van der Waals surface area contributed by atoms with E-state index >= 15 is 0 Å². The second-order valence-electron chi connectivity index (χ2n) is 2.00. The van der Waals surface area contributed by atoms with Crippen molar-refractivity contribution in [3.8, 4) is 5.75 Å². The van der Waals surface area contributed by atoms with Crippen LogP contribution in [0.3, 0.4) is 0 Å². The summed E-state index contributed by atoms with van der Waals surface area (Å²) in [6, 6.07) is 1.53. The van der Waals surface area contributed by atoms with Crippen molar-refractivity contribution in [2.24, 2.45) is 0 Å². The van der Waals surface area contributed by atoms with E-state index < -0.39 is 0 Å². The van der Waals surface area contributed by atoms with Crippen LogP contribution in [0.5, 0.6) is 5.75 Å². The number of hydrogen-bond acceptors (Lipinski definition) is 3. The molecule has 14 heavy (non-hydrogen) atoms. The van der Waals surface area contributed by atoms with Gasteiger partial charge in [-0.15, -0.1) is 0 Å². The number of aromatic hydroxyl groups is 1. The minimum absolute atomic E-state index is 0.0689. The molecule has 1 aromatic heterocycles. The first-order valence-electron chi connectivity index (χ1n) is 4.85. The molecule has 0 amide bonds. The van der Waals surface area contributed by atoms with Crippen molar-refractivity contribution in [3.05, 3.63) is 23.5 Å². The number of nitrogens with zero attached hydrogens (tertiary/aromatic N) is 1. The highest BCUT2D eigenvalue weighted by Gasteiger charge is 1.98. The number of hydrogen-bond donors (Lipinski definition) is 1. The summed E-state index contributed by atoms with van der Waals surface area (Å²) in [6.45, 7) is 9.76. The molecule has 1 aromatic rings. The SMILES string of the molecule is CC.CC.Cc1cc(C=O)c(O)cn1. The Hall–Kier alpha value is -1.38. The Labute approximate surface area is 85.8 Å². The first-order valence-corrected chi connectivity index (χ1v) is 4.85. The average Bonchev–Trinajstić information content (AvgIpc) is 2.27. The third-order valence-electron chi connectivity index (χ3n) is 1.18. The van der Waals surface area contributed by atoms with Gasteiger partial charge in [-0.05, 0) is 13.0 Å². The molecule has 0 unspecified atom stereocenters. The molecule has 0 bridgehead atoms. The molecule has 0 spiro atoms. The molecule has 0 radical (unpaired) electrons. The highest BCUT2D eigenvalue weighted by molar-refractivity contribution is 5.78. The molecule has 0 aliphatic carbocycles. The van der Waals surface area contributed by atoms with Crippen LogP contribution < -0.4 is 0 Å². The van der Waals surface area contributed by atoms with E-state index in [4.69, 9.17) is 5.11 Å². The Balaban J connectivity index is 0. The topological polar surface area (TPSA) is 50.2 Å². The average molecular weight is 197 g/mol. The number of aldehydes is 1. The van der Waals surface area contributed by atoms with Crippen molar-refractivity contribution in [2.45, 2.75) is 34.6 Å². The predicted octanol–water partition coefficient (Wildman–Crippen LogP) is 2.96. The summed E-state index contributed by atoms with van der Waals surface area (Å²) in [6.07, 6.45) is 1.86. The van der Waals surface area contributed by atoms with E-state index in [2.05, 4.69) is 4.98 Å². The summed E-state index contributed by atoms with van der Waals surface area (Å²) < 4.78 is 0. The highest BCUT2D eigenvalue weighted by atomic mass is 16.3. The van der Waals surface area contributed by atoms with Gasteiger partial charge in [0.1, 0.15) is 5.75 Å². The molecule has 3 nitrogen and oxygen atoms in total. The second kappa shape index (κ2) is 9.71. The summed E-state index contributed by atoms with van der Waals surface area (Å²) in [5.41, 5.74) is 1.01. The number of pyridine rings is 1. The van der Waals surface area contributed by atoms with Gasteiger partial charge in [0, 0.05) is 5.69 Å². The van der Waals surface area contributed by atoms with Crippen LogP contribution in [0.2, 0.25) is 0 Å². The molecule has 0 aromatic carbocycles. The summed E-state index contributed by atoms with van der Waals surface area (Å²) in [4.78, 5) is 14.0. The van der Waals surface area contributed by atoms with Crippen LogP contribution in [0.15, 0.2) is 12.3 Å². The van der Waals surface area contributed by atoms with Crippen molar-refractivity contribution in [3.63, 3.8) is 0 Å². The zero-order chi connectivity index (χ0) is 11.6. The second-order valence-corrected chi connectivity index (χ2v) is 2.00. The first kappa shape index (κ1) is 15.1. The van der Waals surface area contributed by atoms with Crippen molar-refractivity contribution >= 4 is 6.29 Å². The monoisotopic (exact) mass is 197 g/mol. The minimum atomic E-state index is -0.0689. The standard InChI is InChI=1S/C7H7NO2.2C2H6/c1-5-2-6(4-9)7(10)3-8-5;2*1-2/h2-4,10H,1H3;2*1-2H3. The molecular formula is C11H19NO2. The molecule has 1 rings (SSSR count). The van der Waals surface area contributed by atoms with E-state index in [0.717, 1.165) is 5.69 Å². The summed E-state index contributed by atoms with van der Waals surface area (Å²) in [5.74, 6) is -0.0689. The smallest absolute Gasteiger partial charge is 0.153 e. The molecule has 1 N–H and O–H groups in total. The molecular weight excluding hydrogens is 178 g/mol. The molecule has 0 aliphatic heterocycles. The normalized spacial score (nSPS) is 7.50. The molecule has 1 heterocycles. The maximum atomic E-state index is 10.2. The number of aryl methyl sites for hydroxylation is 1. The fourth-order valence-corrected chi connectivity index (χ4v) is 0.668. The van der Waals surface area contributed by atoms with Gasteiger partial charge < -0.3 is 5.11 Å². The van der Waals surface area contributed by atoms with Crippen molar-refractivity contribution in [1.29, 1.82) is 0 Å². The number of rotatable bonds is 1. The van der Waals surface area contributed by atoms with Gasteiger partial charge in [-0.25, -0.2) is 0 Å². The van der Waals surface area contributed by atoms with Crippen LogP contribution in [0.25, 0.3) is 0 Å².